The van der Waals surface area contributed by atoms with Crippen molar-refractivity contribution in [3.63, 3.8) is 0 Å². The summed E-state index contributed by atoms with van der Waals surface area (Å²) in [6.45, 7) is 1.47. The van der Waals surface area contributed by atoms with Gasteiger partial charge in [0.25, 0.3) is 0 Å². The van der Waals surface area contributed by atoms with Gasteiger partial charge >= 0.3 is 0 Å². The van der Waals surface area contributed by atoms with E-state index in [0.717, 1.165) is 55.8 Å². The molecule has 0 bridgehead atoms. The summed E-state index contributed by atoms with van der Waals surface area (Å²) in [6.07, 6.45) is 6.48. The maximum absolute atomic E-state index is 12.4. The summed E-state index contributed by atoms with van der Waals surface area (Å²) in [5, 5.41) is 5.79. The number of thiol groups is 3. The molecule has 152 valence electrons. The minimum absolute atomic E-state index is 0.0384. The SMILES string of the molecule is CC(=O)CCCC(=O)NCC(=O)NC(CCCS)(CCCS)CCCS. The highest BCUT2D eigenvalue weighted by Gasteiger charge is 2.30. The van der Waals surface area contributed by atoms with Crippen molar-refractivity contribution in [3.8, 4) is 0 Å². The summed E-state index contributed by atoms with van der Waals surface area (Å²) in [6, 6.07) is 0. The number of carbonyl (C=O) groups excluding carboxylic acids is 3. The smallest absolute Gasteiger partial charge is 0.239 e. The van der Waals surface area contributed by atoms with Crippen LogP contribution in [0.1, 0.15) is 64.7 Å². The van der Waals surface area contributed by atoms with Crippen LogP contribution in [-0.4, -0.2) is 46.9 Å². The van der Waals surface area contributed by atoms with Gasteiger partial charge in [0.05, 0.1) is 6.54 Å². The molecule has 0 spiro atoms. The van der Waals surface area contributed by atoms with E-state index in [-0.39, 0.29) is 36.1 Å². The Morgan fingerprint density at radius 1 is 0.769 bits per heavy atom. The van der Waals surface area contributed by atoms with Crippen LogP contribution in [0, 0.1) is 0 Å². The van der Waals surface area contributed by atoms with E-state index >= 15 is 0 Å². The molecular formula is C18H34N2O3S3. The van der Waals surface area contributed by atoms with Crippen molar-refractivity contribution in [2.45, 2.75) is 70.3 Å². The zero-order chi connectivity index (χ0) is 19.8. The van der Waals surface area contributed by atoms with Crippen molar-refractivity contribution in [1.82, 2.24) is 10.6 Å². The number of rotatable bonds is 16. The Balaban J connectivity index is 4.61. The molecule has 26 heavy (non-hydrogen) atoms. The predicted octanol–water partition coefficient (Wildman–Crippen LogP) is 2.85. The number of hydrogen-bond donors (Lipinski definition) is 5. The van der Waals surface area contributed by atoms with Gasteiger partial charge in [0.2, 0.25) is 11.8 Å². The third-order valence-corrected chi connectivity index (χ3v) is 5.17. The van der Waals surface area contributed by atoms with Crippen LogP contribution in [0.2, 0.25) is 0 Å². The van der Waals surface area contributed by atoms with Crippen molar-refractivity contribution >= 4 is 55.5 Å². The normalized spacial score (nSPS) is 11.2. The molecule has 2 amide bonds. The molecule has 0 fully saturated rings. The number of amides is 2. The van der Waals surface area contributed by atoms with Gasteiger partial charge in [-0.3, -0.25) is 9.59 Å². The Kier molecular flexibility index (Phi) is 15.5. The van der Waals surface area contributed by atoms with Gasteiger partial charge in [-0.25, -0.2) is 0 Å². The summed E-state index contributed by atoms with van der Waals surface area (Å²) >= 11 is 12.9. The van der Waals surface area contributed by atoms with Crippen LogP contribution in [0.3, 0.4) is 0 Å². The van der Waals surface area contributed by atoms with Crippen LogP contribution < -0.4 is 10.6 Å². The number of carbonyl (C=O) groups is 3. The maximum Gasteiger partial charge on any atom is 0.239 e. The molecule has 0 saturated heterocycles. The van der Waals surface area contributed by atoms with Crippen LogP contribution in [0.4, 0.5) is 0 Å². The summed E-state index contributed by atoms with van der Waals surface area (Å²) in [5.74, 6) is 2.00. The van der Waals surface area contributed by atoms with Gasteiger partial charge in [-0.2, -0.15) is 37.9 Å². The van der Waals surface area contributed by atoms with Gasteiger partial charge in [-0.05, 0) is 69.1 Å². The van der Waals surface area contributed by atoms with E-state index in [1.54, 1.807) is 0 Å². The Hall–Kier alpha value is -0.340. The molecule has 0 saturated carbocycles. The lowest BCUT2D eigenvalue weighted by Gasteiger charge is -2.35. The zero-order valence-electron chi connectivity index (χ0n) is 15.8. The minimum atomic E-state index is -0.287. The van der Waals surface area contributed by atoms with Gasteiger partial charge in [0.1, 0.15) is 5.78 Å². The molecule has 0 aromatic carbocycles. The predicted molar refractivity (Wildman–Crippen MR) is 118 cm³/mol. The molecular weight excluding hydrogens is 388 g/mol. The number of Topliss-reactive ketones (excluding diaryl/α,β-unsaturated/α-hetero) is 1. The van der Waals surface area contributed by atoms with Crippen LogP contribution in [-0.2, 0) is 14.4 Å². The molecule has 0 aromatic heterocycles. The second-order valence-electron chi connectivity index (χ2n) is 6.64. The fourth-order valence-electron chi connectivity index (χ4n) is 2.92. The fraction of sp³-hybridized carbons (Fsp3) is 0.833. The maximum atomic E-state index is 12.4. The largest absolute Gasteiger partial charge is 0.349 e. The minimum Gasteiger partial charge on any atom is -0.349 e. The first kappa shape index (κ1) is 25.7. The van der Waals surface area contributed by atoms with Gasteiger partial charge in [0, 0.05) is 18.4 Å². The van der Waals surface area contributed by atoms with Crippen molar-refractivity contribution in [1.29, 1.82) is 0 Å². The van der Waals surface area contributed by atoms with E-state index in [4.69, 9.17) is 0 Å². The molecule has 0 heterocycles. The molecule has 0 rings (SSSR count). The highest BCUT2D eigenvalue weighted by molar-refractivity contribution is 7.80. The van der Waals surface area contributed by atoms with E-state index in [0.29, 0.717) is 12.8 Å². The quantitative estimate of drug-likeness (QED) is 0.248. The molecule has 0 aliphatic heterocycles. The van der Waals surface area contributed by atoms with E-state index < -0.39 is 0 Å². The van der Waals surface area contributed by atoms with Crippen molar-refractivity contribution < 1.29 is 14.4 Å². The van der Waals surface area contributed by atoms with Crippen LogP contribution >= 0.6 is 37.9 Å². The molecule has 0 aliphatic rings. The molecule has 0 atom stereocenters. The van der Waals surface area contributed by atoms with Gasteiger partial charge < -0.3 is 15.4 Å². The average Bonchev–Trinajstić information content (AvgIpc) is 2.60. The molecule has 0 aliphatic carbocycles. The van der Waals surface area contributed by atoms with Gasteiger partial charge in [0.15, 0.2) is 0 Å². The average molecular weight is 423 g/mol. The summed E-state index contributed by atoms with van der Waals surface area (Å²) in [5.41, 5.74) is -0.287. The first-order valence-electron chi connectivity index (χ1n) is 9.29. The van der Waals surface area contributed by atoms with Crippen LogP contribution in [0.25, 0.3) is 0 Å². The standard InChI is InChI=1S/C18H34N2O3S3/c1-15(21)6-2-7-16(22)19-14-17(23)20-18(8-3-11-24,9-4-12-25)10-5-13-26/h24-26H,2-14H2,1H3,(H,19,22)(H,20,23). The summed E-state index contributed by atoms with van der Waals surface area (Å²) in [7, 11) is 0. The van der Waals surface area contributed by atoms with E-state index in [9.17, 15) is 14.4 Å². The molecule has 2 N–H and O–H groups in total. The zero-order valence-corrected chi connectivity index (χ0v) is 18.4. The van der Waals surface area contributed by atoms with Crippen LogP contribution in [0.15, 0.2) is 0 Å². The molecule has 0 radical (unpaired) electrons. The Bertz CT molecular complexity index is 412. The lowest BCUT2D eigenvalue weighted by atomic mass is 9.84. The van der Waals surface area contributed by atoms with Gasteiger partial charge in [-0.15, -0.1) is 0 Å². The van der Waals surface area contributed by atoms with Crippen molar-refractivity contribution in [2.75, 3.05) is 23.8 Å². The number of nitrogens with one attached hydrogen (secondary N) is 2. The fourth-order valence-corrected chi connectivity index (χ4v) is 3.39. The van der Waals surface area contributed by atoms with Crippen molar-refractivity contribution in [2.24, 2.45) is 0 Å². The van der Waals surface area contributed by atoms with E-state index in [2.05, 4.69) is 48.5 Å². The van der Waals surface area contributed by atoms with Gasteiger partial charge in [-0.1, -0.05) is 0 Å². The lowest BCUT2D eigenvalue weighted by Crippen LogP contribution is -2.51. The first-order valence-corrected chi connectivity index (χ1v) is 11.2. The second kappa shape index (κ2) is 15.7. The molecule has 0 aromatic rings. The third kappa shape index (κ3) is 12.9. The third-order valence-electron chi connectivity index (χ3n) is 4.22. The summed E-state index contributed by atoms with van der Waals surface area (Å²) in [4.78, 5) is 35.1. The highest BCUT2D eigenvalue weighted by atomic mass is 32.1. The number of hydrogen-bond acceptors (Lipinski definition) is 6. The van der Waals surface area contributed by atoms with E-state index in [1.807, 2.05) is 0 Å². The lowest BCUT2D eigenvalue weighted by molar-refractivity contribution is -0.127. The Morgan fingerprint density at radius 2 is 1.27 bits per heavy atom. The molecule has 0 unspecified atom stereocenters. The Labute approximate surface area is 174 Å². The monoisotopic (exact) mass is 422 g/mol. The van der Waals surface area contributed by atoms with Crippen LogP contribution in [0.5, 0.6) is 0 Å². The highest BCUT2D eigenvalue weighted by Crippen LogP contribution is 2.26. The second-order valence-corrected chi connectivity index (χ2v) is 7.98. The summed E-state index contributed by atoms with van der Waals surface area (Å²) < 4.78 is 0. The molecule has 8 heteroatoms. The Morgan fingerprint density at radius 3 is 1.69 bits per heavy atom. The molecule has 5 nitrogen and oxygen atoms in total. The number of ketones is 1. The topological polar surface area (TPSA) is 75.3 Å². The van der Waals surface area contributed by atoms with Crippen molar-refractivity contribution in [3.05, 3.63) is 0 Å². The first-order chi connectivity index (χ1) is 12.4. The van der Waals surface area contributed by atoms with E-state index in [1.165, 1.54) is 6.92 Å².